The van der Waals surface area contributed by atoms with E-state index in [1.165, 1.54) is 41.6 Å². The average molecular weight is 522 g/mol. The number of nitrogens with zero attached hydrogens (tertiary/aromatic N) is 1. The van der Waals surface area contributed by atoms with Gasteiger partial charge >= 0.3 is 5.97 Å². The second-order valence-corrected chi connectivity index (χ2v) is 11.4. The fraction of sp³-hybridized carbons (Fsp3) is 0.304. The Balaban J connectivity index is 1.48. The van der Waals surface area contributed by atoms with Gasteiger partial charge in [0.15, 0.2) is 6.10 Å². The van der Waals surface area contributed by atoms with E-state index in [0.717, 1.165) is 18.2 Å². The van der Waals surface area contributed by atoms with E-state index in [1.807, 2.05) is 0 Å². The zero-order valence-electron chi connectivity index (χ0n) is 19.1. The third kappa shape index (κ3) is 7.72. The number of esters is 1. The SMILES string of the molecule is C[C@@H](OC(=O)CNS(=O)(=O)/C=C/c1ccccc1)C(=O)Nc1ccc(S(=O)(=O)N2CCCC2)cc1. The molecule has 0 saturated carbocycles. The normalized spacial score (nSPS) is 15.7. The Bertz CT molecular complexity index is 1270. The second-order valence-electron chi connectivity index (χ2n) is 7.84. The van der Waals surface area contributed by atoms with Crippen molar-refractivity contribution in [3.8, 4) is 0 Å². The predicted octanol–water partition coefficient (Wildman–Crippen LogP) is 1.93. The maximum atomic E-state index is 12.6. The molecule has 1 heterocycles. The van der Waals surface area contributed by atoms with Crippen LogP contribution >= 0.6 is 0 Å². The number of anilines is 1. The summed E-state index contributed by atoms with van der Waals surface area (Å²) in [7, 11) is -7.45. The van der Waals surface area contributed by atoms with Gasteiger partial charge in [-0.1, -0.05) is 30.3 Å². The smallest absolute Gasteiger partial charge is 0.321 e. The Morgan fingerprint density at radius 1 is 1.00 bits per heavy atom. The van der Waals surface area contributed by atoms with E-state index in [0.29, 0.717) is 24.3 Å². The van der Waals surface area contributed by atoms with Gasteiger partial charge in [0.25, 0.3) is 5.91 Å². The molecule has 35 heavy (non-hydrogen) atoms. The van der Waals surface area contributed by atoms with Gasteiger partial charge in [0.1, 0.15) is 6.54 Å². The number of ether oxygens (including phenoxy) is 1. The number of benzene rings is 2. The minimum atomic E-state index is -3.89. The zero-order chi connectivity index (χ0) is 25.5. The third-order valence-corrected chi connectivity index (χ3v) is 8.11. The average Bonchev–Trinajstić information content (AvgIpc) is 3.39. The molecule has 3 rings (SSSR count). The molecule has 1 atom stereocenters. The summed E-state index contributed by atoms with van der Waals surface area (Å²) in [6.07, 6.45) is 1.83. The lowest BCUT2D eigenvalue weighted by molar-refractivity contribution is -0.151. The van der Waals surface area contributed by atoms with E-state index < -0.39 is 44.6 Å². The van der Waals surface area contributed by atoms with Gasteiger partial charge in [-0.2, -0.15) is 4.31 Å². The van der Waals surface area contributed by atoms with Gasteiger partial charge in [0.2, 0.25) is 20.0 Å². The number of rotatable bonds is 10. The first-order valence-corrected chi connectivity index (χ1v) is 13.9. The van der Waals surface area contributed by atoms with Crippen molar-refractivity contribution in [1.29, 1.82) is 0 Å². The van der Waals surface area contributed by atoms with Crippen LogP contribution in [0.3, 0.4) is 0 Å². The van der Waals surface area contributed by atoms with Crippen LogP contribution in [0.5, 0.6) is 0 Å². The molecule has 0 radical (unpaired) electrons. The van der Waals surface area contributed by atoms with Crippen LogP contribution in [0.15, 0.2) is 64.9 Å². The van der Waals surface area contributed by atoms with E-state index in [4.69, 9.17) is 4.74 Å². The van der Waals surface area contributed by atoms with Crippen molar-refractivity contribution < 1.29 is 31.2 Å². The van der Waals surface area contributed by atoms with Crippen molar-refractivity contribution in [2.24, 2.45) is 0 Å². The van der Waals surface area contributed by atoms with Crippen LogP contribution < -0.4 is 10.0 Å². The molecule has 1 aliphatic heterocycles. The van der Waals surface area contributed by atoms with E-state index in [9.17, 15) is 26.4 Å². The molecule has 1 fully saturated rings. The number of hydrogen-bond donors (Lipinski definition) is 2. The van der Waals surface area contributed by atoms with Crippen LogP contribution in [0.4, 0.5) is 5.69 Å². The zero-order valence-corrected chi connectivity index (χ0v) is 20.7. The number of nitrogens with one attached hydrogen (secondary N) is 2. The van der Waals surface area contributed by atoms with Crippen molar-refractivity contribution in [2.45, 2.75) is 30.8 Å². The first-order valence-electron chi connectivity index (χ1n) is 10.9. The highest BCUT2D eigenvalue weighted by Crippen LogP contribution is 2.22. The first-order chi connectivity index (χ1) is 16.6. The number of sulfonamides is 2. The van der Waals surface area contributed by atoms with Gasteiger partial charge in [0.05, 0.1) is 4.90 Å². The van der Waals surface area contributed by atoms with Gasteiger partial charge in [-0.15, -0.1) is 0 Å². The molecule has 2 aromatic carbocycles. The lowest BCUT2D eigenvalue weighted by atomic mass is 10.2. The summed E-state index contributed by atoms with van der Waals surface area (Å²) in [5, 5.41) is 3.46. The molecule has 0 unspecified atom stereocenters. The van der Waals surface area contributed by atoms with Gasteiger partial charge in [-0.05, 0) is 55.7 Å². The molecular weight excluding hydrogens is 494 g/mol. The highest BCUT2D eigenvalue weighted by molar-refractivity contribution is 7.92. The van der Waals surface area contributed by atoms with E-state index in [1.54, 1.807) is 30.3 Å². The Labute approximate surface area is 205 Å². The summed E-state index contributed by atoms with van der Waals surface area (Å²) in [6.45, 7) is 1.66. The first kappa shape index (κ1) is 26.5. The Morgan fingerprint density at radius 3 is 2.26 bits per heavy atom. The molecule has 0 aliphatic carbocycles. The lowest BCUT2D eigenvalue weighted by Gasteiger charge is -2.16. The summed E-state index contributed by atoms with van der Waals surface area (Å²) in [5.41, 5.74) is 0.998. The third-order valence-electron chi connectivity index (χ3n) is 5.16. The lowest BCUT2D eigenvalue weighted by Crippen LogP contribution is -2.35. The molecule has 0 spiro atoms. The van der Waals surface area contributed by atoms with Crippen LogP contribution in [-0.4, -0.2) is 58.8 Å². The van der Waals surface area contributed by atoms with E-state index in [-0.39, 0.29) is 4.90 Å². The summed E-state index contributed by atoms with van der Waals surface area (Å²) >= 11 is 0. The van der Waals surface area contributed by atoms with Gasteiger partial charge in [-0.25, -0.2) is 21.6 Å². The summed E-state index contributed by atoms with van der Waals surface area (Å²) in [4.78, 5) is 24.5. The monoisotopic (exact) mass is 521 g/mol. The topological polar surface area (TPSA) is 139 Å². The number of amides is 1. The summed E-state index contributed by atoms with van der Waals surface area (Å²) < 4.78 is 57.7. The molecule has 12 heteroatoms. The molecule has 2 aromatic rings. The molecule has 1 amide bonds. The molecule has 10 nitrogen and oxygen atoms in total. The van der Waals surface area contributed by atoms with E-state index >= 15 is 0 Å². The van der Waals surface area contributed by atoms with Crippen LogP contribution in [0, 0.1) is 0 Å². The Kier molecular flexibility index (Phi) is 8.78. The van der Waals surface area contributed by atoms with Gasteiger partial charge < -0.3 is 10.1 Å². The predicted molar refractivity (Wildman–Crippen MR) is 131 cm³/mol. The fourth-order valence-corrected chi connectivity index (χ4v) is 5.53. The molecule has 2 N–H and O–H groups in total. The number of hydrogen-bond acceptors (Lipinski definition) is 7. The van der Waals surface area contributed by atoms with Crippen molar-refractivity contribution >= 4 is 43.7 Å². The maximum absolute atomic E-state index is 12.6. The van der Waals surface area contributed by atoms with Crippen LogP contribution in [0.2, 0.25) is 0 Å². The van der Waals surface area contributed by atoms with Gasteiger partial charge in [-0.3, -0.25) is 9.59 Å². The summed E-state index contributed by atoms with van der Waals surface area (Å²) in [6, 6.07) is 14.5. The molecule has 188 valence electrons. The Hall–Kier alpha value is -3.06. The number of carbonyl (C=O) groups excluding carboxylic acids is 2. The molecule has 1 aliphatic rings. The second kappa shape index (κ2) is 11.6. The number of carbonyl (C=O) groups is 2. The van der Waals surface area contributed by atoms with Crippen molar-refractivity contribution in [1.82, 2.24) is 9.03 Å². The minimum Gasteiger partial charge on any atom is -0.452 e. The van der Waals surface area contributed by atoms with Crippen molar-refractivity contribution in [2.75, 3.05) is 25.0 Å². The quantitative estimate of drug-likeness (QED) is 0.456. The fourth-order valence-electron chi connectivity index (χ4n) is 3.26. The summed E-state index contributed by atoms with van der Waals surface area (Å²) in [5.74, 6) is -1.59. The van der Waals surface area contributed by atoms with Crippen LogP contribution in [-0.2, 0) is 34.4 Å². The maximum Gasteiger partial charge on any atom is 0.321 e. The molecular formula is C23H27N3O7S2. The van der Waals surface area contributed by atoms with Crippen molar-refractivity contribution in [3.05, 3.63) is 65.6 Å². The standard InChI is InChI=1S/C23H27N3O7S2/c1-18(33-22(27)17-24-34(29,30)16-13-19-7-3-2-4-8-19)23(28)25-20-9-11-21(12-10-20)35(31,32)26-14-5-6-15-26/h2-4,7-13,16,18,24H,5-6,14-15,17H2,1H3,(H,25,28)/b16-13+/t18-/m1/s1. The van der Waals surface area contributed by atoms with Crippen molar-refractivity contribution in [3.63, 3.8) is 0 Å². The van der Waals surface area contributed by atoms with Crippen LogP contribution in [0.1, 0.15) is 25.3 Å². The molecule has 0 aromatic heterocycles. The highest BCUT2D eigenvalue weighted by atomic mass is 32.2. The minimum absolute atomic E-state index is 0.130. The van der Waals surface area contributed by atoms with Crippen LogP contribution in [0.25, 0.3) is 6.08 Å². The largest absolute Gasteiger partial charge is 0.452 e. The molecule has 1 saturated heterocycles. The molecule has 0 bridgehead atoms. The highest BCUT2D eigenvalue weighted by Gasteiger charge is 2.27. The Morgan fingerprint density at radius 2 is 1.63 bits per heavy atom. The van der Waals surface area contributed by atoms with E-state index in [2.05, 4.69) is 10.0 Å². The van der Waals surface area contributed by atoms with Gasteiger partial charge in [0, 0.05) is 24.2 Å².